The second kappa shape index (κ2) is 8.07. The van der Waals surface area contributed by atoms with Gasteiger partial charge >= 0.3 is 0 Å². The molecule has 0 unspecified atom stereocenters. The Morgan fingerprint density at radius 3 is 2.26 bits per heavy atom. The van der Waals surface area contributed by atoms with Crippen LogP contribution in [0.4, 0.5) is 0 Å². The number of aliphatic hydroxyl groups is 1. The van der Waals surface area contributed by atoms with E-state index in [4.69, 9.17) is 14.2 Å². The Kier molecular flexibility index (Phi) is 5.37. The number of carbonyl (C=O) groups excluding carboxylic acids is 1. The van der Waals surface area contributed by atoms with Crippen LogP contribution in [0.5, 0.6) is 28.7 Å². The molecule has 3 atom stereocenters. The van der Waals surface area contributed by atoms with Crippen LogP contribution in [0.15, 0.2) is 11.8 Å². The zero-order valence-electron chi connectivity index (χ0n) is 20.7. The largest absolute Gasteiger partial charge is 0.507 e. The third-order valence-electron chi connectivity index (χ3n) is 7.65. The first kappa shape index (κ1) is 23.3. The number of carbonyl (C=O) groups is 1. The van der Waals surface area contributed by atoms with Crippen molar-refractivity contribution in [3.63, 3.8) is 0 Å². The van der Waals surface area contributed by atoms with Crippen LogP contribution in [0, 0.1) is 13.8 Å². The summed E-state index contributed by atoms with van der Waals surface area (Å²) in [6.07, 6.45) is 2.16. The lowest BCUT2D eigenvalue weighted by atomic mass is 9.78. The van der Waals surface area contributed by atoms with Gasteiger partial charge in [-0.2, -0.15) is 0 Å². The molecule has 0 radical (unpaired) electrons. The molecule has 0 aromatic heterocycles. The number of piperazine rings is 1. The molecule has 0 spiro atoms. The average Bonchev–Trinajstić information content (AvgIpc) is 2.83. The monoisotopic (exact) mass is 482 g/mol. The number of benzene rings is 2. The topological polar surface area (TPSA) is 112 Å². The van der Waals surface area contributed by atoms with E-state index in [-0.39, 0.29) is 17.4 Å². The van der Waals surface area contributed by atoms with E-state index in [1.165, 1.54) is 21.3 Å². The lowest BCUT2D eigenvalue weighted by Gasteiger charge is -2.53. The maximum absolute atomic E-state index is 13.9. The molecule has 9 heteroatoms. The minimum atomic E-state index is -0.803. The molecule has 186 valence electrons. The lowest BCUT2D eigenvalue weighted by Crippen LogP contribution is -2.60. The van der Waals surface area contributed by atoms with Gasteiger partial charge in [-0.15, -0.1) is 0 Å². The van der Waals surface area contributed by atoms with Crippen molar-refractivity contribution in [2.75, 3.05) is 35.0 Å². The molecule has 3 aliphatic rings. The number of aliphatic hydroxyl groups excluding tert-OH is 1. The highest BCUT2D eigenvalue weighted by atomic mass is 16.5. The Hall–Kier alpha value is -3.43. The number of fused-ring (bicyclic) bond motifs is 7. The maximum atomic E-state index is 13.9. The number of aryl methyl sites for hydroxylation is 1. The van der Waals surface area contributed by atoms with Crippen molar-refractivity contribution < 1.29 is 34.3 Å². The number of hydrogen-bond donors (Lipinski definition) is 3. The van der Waals surface area contributed by atoms with Crippen molar-refractivity contribution in [1.29, 1.82) is 0 Å². The van der Waals surface area contributed by atoms with Crippen LogP contribution in [-0.2, 0) is 11.2 Å². The third-order valence-corrected chi connectivity index (χ3v) is 7.65. The molecule has 9 nitrogen and oxygen atoms in total. The van der Waals surface area contributed by atoms with E-state index in [1.807, 2.05) is 24.9 Å². The summed E-state index contributed by atoms with van der Waals surface area (Å²) in [6, 6.07) is 0.174. The molecule has 5 rings (SSSR count). The second-order valence-electron chi connectivity index (χ2n) is 9.28. The normalized spacial score (nSPS) is 22.7. The molecule has 2 bridgehead atoms. The molecular formula is C26H30N2O7. The number of likely N-dealkylation sites (N-methyl/N-ethyl adjacent to an activating group) is 1. The van der Waals surface area contributed by atoms with Crippen LogP contribution in [-0.4, -0.2) is 72.1 Å². The van der Waals surface area contributed by atoms with Gasteiger partial charge in [-0.25, -0.2) is 0 Å². The van der Waals surface area contributed by atoms with Crippen LogP contribution < -0.4 is 14.2 Å². The molecule has 3 N–H and O–H groups in total. The van der Waals surface area contributed by atoms with Crippen molar-refractivity contribution in [1.82, 2.24) is 9.80 Å². The zero-order valence-corrected chi connectivity index (χ0v) is 20.7. The summed E-state index contributed by atoms with van der Waals surface area (Å²) in [6.45, 7) is 3.19. The molecule has 1 amide bonds. The number of phenols is 2. The van der Waals surface area contributed by atoms with Gasteiger partial charge in [-0.3, -0.25) is 9.69 Å². The number of rotatable bonds is 4. The van der Waals surface area contributed by atoms with Gasteiger partial charge < -0.3 is 34.4 Å². The second-order valence-corrected chi connectivity index (χ2v) is 9.28. The molecule has 1 fully saturated rings. The summed E-state index contributed by atoms with van der Waals surface area (Å²) in [4.78, 5) is 17.4. The summed E-state index contributed by atoms with van der Waals surface area (Å²) in [7, 11) is 6.34. The van der Waals surface area contributed by atoms with E-state index in [1.54, 1.807) is 17.9 Å². The summed E-state index contributed by atoms with van der Waals surface area (Å²) in [5.41, 5.74) is 4.31. The zero-order chi connectivity index (χ0) is 25.3. The van der Waals surface area contributed by atoms with Crippen molar-refractivity contribution in [2.24, 2.45) is 0 Å². The standard InChI is InChI=1S/C26H30N2O7/c1-11-7-13-8-16-26(32)28-15(20(27(16)3)18(13)22(31)23(11)33-4)9-14-19(17(28)10-29)25(35-6)24(34-5)12(2)21(14)30/h7,9,16-17,20,29-31H,8,10H2,1-6H3/t16-,17-,20+/m0/s1. The molecule has 0 saturated carbocycles. The Morgan fingerprint density at radius 2 is 1.66 bits per heavy atom. The number of amides is 1. The van der Waals surface area contributed by atoms with Crippen LogP contribution >= 0.6 is 0 Å². The highest BCUT2D eigenvalue weighted by Crippen LogP contribution is 2.57. The molecule has 2 aromatic rings. The van der Waals surface area contributed by atoms with Crippen molar-refractivity contribution in [3.05, 3.63) is 45.1 Å². The first-order chi connectivity index (χ1) is 16.7. The number of nitrogens with zero attached hydrogens (tertiary/aromatic N) is 2. The van der Waals surface area contributed by atoms with Crippen molar-refractivity contribution in [2.45, 2.75) is 38.4 Å². The fourth-order valence-corrected chi connectivity index (χ4v) is 6.08. The van der Waals surface area contributed by atoms with Crippen LogP contribution in [0.25, 0.3) is 6.08 Å². The Balaban J connectivity index is 1.85. The first-order valence-corrected chi connectivity index (χ1v) is 11.5. The number of hydrogen-bond acceptors (Lipinski definition) is 8. The SMILES string of the molecule is COc1c(C)cc2c(c1O)[C@H]1C3=Cc4c(O)c(C)c(OC)c(OC)c4[C@H](CO)N3C(=O)[C@H](C2)N1C. The number of methoxy groups -OCH3 is 3. The minimum Gasteiger partial charge on any atom is -0.507 e. The maximum Gasteiger partial charge on any atom is 0.245 e. The van der Waals surface area contributed by atoms with E-state index in [9.17, 15) is 20.1 Å². The van der Waals surface area contributed by atoms with E-state index < -0.39 is 24.7 Å². The fraction of sp³-hybridized carbons (Fsp3) is 0.423. The molecule has 1 saturated heterocycles. The van der Waals surface area contributed by atoms with Gasteiger partial charge in [0.05, 0.1) is 46.1 Å². The minimum absolute atomic E-state index is 0.0118. The van der Waals surface area contributed by atoms with Gasteiger partial charge in [0, 0.05) is 28.0 Å². The van der Waals surface area contributed by atoms with Gasteiger partial charge in [0.1, 0.15) is 5.75 Å². The van der Waals surface area contributed by atoms with Gasteiger partial charge in [-0.05, 0) is 44.5 Å². The number of ether oxygens (including phenoxy) is 3. The predicted molar refractivity (Wildman–Crippen MR) is 128 cm³/mol. The lowest BCUT2D eigenvalue weighted by molar-refractivity contribution is -0.144. The summed E-state index contributed by atoms with van der Waals surface area (Å²) in [5.74, 6) is 0.960. The average molecular weight is 483 g/mol. The van der Waals surface area contributed by atoms with E-state index >= 15 is 0 Å². The Bertz CT molecular complexity index is 1290. The number of aromatic hydroxyl groups is 2. The Labute approximate surface area is 203 Å². The van der Waals surface area contributed by atoms with Crippen molar-refractivity contribution >= 4 is 12.0 Å². The Morgan fingerprint density at radius 1 is 1.00 bits per heavy atom. The third kappa shape index (κ3) is 2.91. The number of phenolic OH excluding ortho intramolecular Hbond substituents is 2. The predicted octanol–water partition coefficient (Wildman–Crippen LogP) is 2.57. The van der Waals surface area contributed by atoms with Crippen molar-refractivity contribution in [3.8, 4) is 28.7 Å². The molecule has 3 heterocycles. The smallest absolute Gasteiger partial charge is 0.245 e. The van der Waals surface area contributed by atoms with Crippen LogP contribution in [0.2, 0.25) is 0 Å². The first-order valence-electron chi connectivity index (χ1n) is 11.5. The van der Waals surface area contributed by atoms with Gasteiger partial charge in [-0.1, -0.05) is 6.07 Å². The van der Waals surface area contributed by atoms with E-state index in [0.717, 1.165) is 11.1 Å². The van der Waals surface area contributed by atoms with Gasteiger partial charge in [0.15, 0.2) is 23.0 Å². The van der Waals surface area contributed by atoms with Crippen LogP contribution in [0.3, 0.4) is 0 Å². The molecule has 2 aromatic carbocycles. The quantitative estimate of drug-likeness (QED) is 0.610. The summed E-state index contributed by atoms with van der Waals surface area (Å²) >= 11 is 0. The molecular weight excluding hydrogens is 452 g/mol. The van der Waals surface area contributed by atoms with E-state index in [0.29, 0.717) is 51.6 Å². The van der Waals surface area contributed by atoms with Gasteiger partial charge in [0.25, 0.3) is 0 Å². The molecule has 0 aliphatic carbocycles. The summed E-state index contributed by atoms with van der Waals surface area (Å²) < 4.78 is 16.7. The fourth-order valence-electron chi connectivity index (χ4n) is 6.08. The van der Waals surface area contributed by atoms with Gasteiger partial charge in [0.2, 0.25) is 5.91 Å². The highest BCUT2D eigenvalue weighted by Gasteiger charge is 2.52. The molecule has 3 aliphatic heterocycles. The van der Waals surface area contributed by atoms with Crippen LogP contribution in [0.1, 0.15) is 45.5 Å². The summed E-state index contributed by atoms with van der Waals surface area (Å²) in [5, 5.41) is 33.0. The molecule has 35 heavy (non-hydrogen) atoms. The highest BCUT2D eigenvalue weighted by molar-refractivity contribution is 5.91. The van der Waals surface area contributed by atoms with E-state index in [2.05, 4.69) is 0 Å².